The van der Waals surface area contributed by atoms with Crippen LogP contribution in [-0.2, 0) is 9.53 Å². The van der Waals surface area contributed by atoms with Gasteiger partial charge >= 0.3 is 5.97 Å². The molecule has 0 heterocycles. The predicted octanol–water partition coefficient (Wildman–Crippen LogP) is 4.23. The molecular formula is C17H26O3. The fourth-order valence-corrected chi connectivity index (χ4v) is 1.84. The molecule has 3 nitrogen and oxygen atoms in total. The monoisotopic (exact) mass is 278 g/mol. The molecule has 0 aliphatic carbocycles. The van der Waals surface area contributed by atoms with E-state index in [4.69, 9.17) is 9.47 Å². The Morgan fingerprint density at radius 3 is 2.40 bits per heavy atom. The first-order chi connectivity index (χ1) is 9.17. The lowest BCUT2D eigenvalue weighted by Crippen LogP contribution is -2.24. The third kappa shape index (κ3) is 6.09. The maximum absolute atomic E-state index is 11.6. The lowest BCUT2D eigenvalue weighted by molar-refractivity contribution is -0.155. The Morgan fingerprint density at radius 1 is 1.20 bits per heavy atom. The van der Waals surface area contributed by atoms with E-state index in [-0.39, 0.29) is 12.4 Å². The van der Waals surface area contributed by atoms with Crippen LogP contribution in [0.2, 0.25) is 0 Å². The summed E-state index contributed by atoms with van der Waals surface area (Å²) in [4.78, 5) is 11.6. The van der Waals surface area contributed by atoms with Crippen molar-refractivity contribution in [2.45, 2.75) is 59.5 Å². The summed E-state index contributed by atoms with van der Waals surface area (Å²) in [5, 5.41) is 0. The van der Waals surface area contributed by atoms with E-state index in [1.54, 1.807) is 0 Å². The molecule has 0 fully saturated rings. The highest BCUT2D eigenvalue weighted by Crippen LogP contribution is 2.23. The van der Waals surface area contributed by atoms with Crippen LogP contribution >= 0.6 is 0 Å². The number of aryl methyl sites for hydroxylation is 1. The summed E-state index contributed by atoms with van der Waals surface area (Å²) in [6.45, 7) is 12.3. The highest BCUT2D eigenvalue weighted by atomic mass is 16.6. The van der Waals surface area contributed by atoms with Gasteiger partial charge in [0, 0.05) is 0 Å². The molecule has 20 heavy (non-hydrogen) atoms. The summed E-state index contributed by atoms with van der Waals surface area (Å²) >= 11 is 0. The SMILES string of the molecule is Cc1cc(OCCC(=O)OC(C)(C)C)cc(C(C)C)c1. The fourth-order valence-electron chi connectivity index (χ4n) is 1.84. The van der Waals surface area contributed by atoms with E-state index < -0.39 is 5.60 Å². The number of esters is 1. The van der Waals surface area contributed by atoms with Crippen molar-refractivity contribution >= 4 is 5.97 Å². The molecule has 0 radical (unpaired) electrons. The Kier molecular flexibility index (Phi) is 5.61. The zero-order chi connectivity index (χ0) is 15.3. The Hall–Kier alpha value is -1.51. The van der Waals surface area contributed by atoms with Gasteiger partial charge in [-0.25, -0.2) is 0 Å². The highest BCUT2D eigenvalue weighted by Gasteiger charge is 2.16. The molecule has 1 rings (SSSR count). The minimum absolute atomic E-state index is 0.228. The van der Waals surface area contributed by atoms with E-state index in [0.717, 1.165) is 5.75 Å². The van der Waals surface area contributed by atoms with Crippen molar-refractivity contribution in [2.75, 3.05) is 6.61 Å². The lowest BCUT2D eigenvalue weighted by Gasteiger charge is -2.19. The second-order valence-corrected chi connectivity index (χ2v) is 6.42. The van der Waals surface area contributed by atoms with Crippen LogP contribution in [0.15, 0.2) is 18.2 Å². The number of hydrogen-bond acceptors (Lipinski definition) is 3. The minimum Gasteiger partial charge on any atom is -0.493 e. The van der Waals surface area contributed by atoms with Crippen LogP contribution in [0.4, 0.5) is 0 Å². The zero-order valence-electron chi connectivity index (χ0n) is 13.4. The maximum Gasteiger partial charge on any atom is 0.309 e. The lowest BCUT2D eigenvalue weighted by atomic mass is 10.0. The molecule has 0 amide bonds. The van der Waals surface area contributed by atoms with Gasteiger partial charge in [-0.3, -0.25) is 4.79 Å². The summed E-state index contributed by atoms with van der Waals surface area (Å²) in [5.41, 5.74) is 1.98. The number of hydrogen-bond donors (Lipinski definition) is 0. The van der Waals surface area contributed by atoms with Gasteiger partial charge in [0.2, 0.25) is 0 Å². The summed E-state index contributed by atoms with van der Waals surface area (Å²) in [5.74, 6) is 1.05. The number of carbonyl (C=O) groups is 1. The second kappa shape index (κ2) is 6.78. The van der Waals surface area contributed by atoms with Crippen LogP contribution in [0.1, 0.15) is 58.1 Å². The zero-order valence-corrected chi connectivity index (χ0v) is 13.4. The van der Waals surface area contributed by atoms with Crippen LogP contribution in [0.25, 0.3) is 0 Å². The summed E-state index contributed by atoms with van der Waals surface area (Å²) in [7, 11) is 0. The molecule has 0 atom stereocenters. The smallest absolute Gasteiger partial charge is 0.309 e. The summed E-state index contributed by atoms with van der Waals surface area (Å²) in [6.07, 6.45) is 0.266. The maximum atomic E-state index is 11.6. The van der Waals surface area contributed by atoms with E-state index in [0.29, 0.717) is 12.5 Å². The van der Waals surface area contributed by atoms with Crippen molar-refractivity contribution in [3.05, 3.63) is 29.3 Å². The molecule has 3 heteroatoms. The van der Waals surface area contributed by atoms with Gasteiger partial charge in [0.25, 0.3) is 0 Å². The molecule has 0 saturated heterocycles. The Balaban J connectivity index is 2.52. The molecule has 0 unspecified atom stereocenters. The number of carbonyl (C=O) groups excluding carboxylic acids is 1. The predicted molar refractivity (Wildman–Crippen MR) is 81.2 cm³/mol. The first-order valence-electron chi connectivity index (χ1n) is 7.13. The highest BCUT2D eigenvalue weighted by molar-refractivity contribution is 5.69. The molecule has 0 spiro atoms. The molecule has 0 aromatic heterocycles. The molecule has 1 aromatic carbocycles. The molecule has 0 aliphatic heterocycles. The standard InChI is InChI=1S/C17H26O3/c1-12(2)14-9-13(3)10-15(11-14)19-8-7-16(18)20-17(4,5)6/h9-12H,7-8H2,1-6H3. The Morgan fingerprint density at radius 2 is 1.85 bits per heavy atom. The Labute approximate surface area is 122 Å². The quantitative estimate of drug-likeness (QED) is 0.756. The normalized spacial score (nSPS) is 11.6. The molecule has 1 aromatic rings. The van der Waals surface area contributed by atoms with E-state index in [1.165, 1.54) is 11.1 Å². The second-order valence-electron chi connectivity index (χ2n) is 6.42. The van der Waals surface area contributed by atoms with Gasteiger partial charge < -0.3 is 9.47 Å². The summed E-state index contributed by atoms with van der Waals surface area (Å²) in [6, 6.07) is 6.18. The van der Waals surface area contributed by atoms with Crippen LogP contribution in [0.3, 0.4) is 0 Å². The van der Waals surface area contributed by atoms with Gasteiger partial charge in [-0.05, 0) is 56.9 Å². The third-order valence-corrected chi connectivity index (χ3v) is 2.73. The largest absolute Gasteiger partial charge is 0.493 e. The third-order valence-electron chi connectivity index (χ3n) is 2.73. The molecule has 0 aliphatic rings. The number of ether oxygens (including phenoxy) is 2. The van der Waals surface area contributed by atoms with Gasteiger partial charge in [-0.1, -0.05) is 19.9 Å². The van der Waals surface area contributed by atoms with Gasteiger partial charge in [0.05, 0.1) is 13.0 Å². The van der Waals surface area contributed by atoms with Crippen molar-refractivity contribution in [3.8, 4) is 5.75 Å². The van der Waals surface area contributed by atoms with E-state index >= 15 is 0 Å². The van der Waals surface area contributed by atoms with Crippen molar-refractivity contribution < 1.29 is 14.3 Å². The molecular weight excluding hydrogens is 252 g/mol. The van der Waals surface area contributed by atoms with Gasteiger partial charge in [0.1, 0.15) is 11.4 Å². The van der Waals surface area contributed by atoms with E-state index in [9.17, 15) is 4.79 Å². The molecule has 0 saturated carbocycles. The number of rotatable bonds is 5. The number of benzene rings is 1. The van der Waals surface area contributed by atoms with Crippen molar-refractivity contribution in [1.29, 1.82) is 0 Å². The minimum atomic E-state index is -0.439. The molecule has 0 bridgehead atoms. The first-order valence-corrected chi connectivity index (χ1v) is 7.13. The fraction of sp³-hybridized carbons (Fsp3) is 0.588. The first kappa shape index (κ1) is 16.5. The van der Waals surface area contributed by atoms with Crippen LogP contribution < -0.4 is 4.74 Å². The average Bonchev–Trinajstić information content (AvgIpc) is 2.25. The van der Waals surface area contributed by atoms with Crippen LogP contribution in [-0.4, -0.2) is 18.2 Å². The van der Waals surface area contributed by atoms with Crippen molar-refractivity contribution in [1.82, 2.24) is 0 Å². The van der Waals surface area contributed by atoms with E-state index in [2.05, 4.69) is 19.9 Å². The summed E-state index contributed by atoms with van der Waals surface area (Å²) < 4.78 is 10.9. The van der Waals surface area contributed by atoms with Crippen LogP contribution in [0, 0.1) is 6.92 Å². The van der Waals surface area contributed by atoms with Crippen molar-refractivity contribution in [3.63, 3.8) is 0 Å². The molecule has 0 N–H and O–H groups in total. The van der Waals surface area contributed by atoms with Gasteiger partial charge in [-0.2, -0.15) is 0 Å². The molecule has 112 valence electrons. The van der Waals surface area contributed by atoms with Gasteiger partial charge in [-0.15, -0.1) is 0 Å². The van der Waals surface area contributed by atoms with E-state index in [1.807, 2.05) is 39.8 Å². The van der Waals surface area contributed by atoms with Crippen molar-refractivity contribution in [2.24, 2.45) is 0 Å². The average molecular weight is 278 g/mol. The Bertz CT molecular complexity index is 456. The van der Waals surface area contributed by atoms with Gasteiger partial charge in [0.15, 0.2) is 0 Å². The van der Waals surface area contributed by atoms with Crippen LogP contribution in [0.5, 0.6) is 5.75 Å². The topological polar surface area (TPSA) is 35.5 Å².